The van der Waals surface area contributed by atoms with Gasteiger partial charge in [-0.2, -0.15) is 0 Å². The number of rotatable bonds is 7. The lowest BCUT2D eigenvalue weighted by Gasteiger charge is -2.29. The van der Waals surface area contributed by atoms with E-state index < -0.39 is 0 Å². The van der Waals surface area contributed by atoms with E-state index in [2.05, 4.69) is 40.0 Å². The van der Waals surface area contributed by atoms with Gasteiger partial charge in [-0.3, -0.25) is 11.3 Å². The van der Waals surface area contributed by atoms with Crippen LogP contribution < -0.4 is 11.3 Å². The van der Waals surface area contributed by atoms with Crippen LogP contribution in [0.1, 0.15) is 53.9 Å². The zero-order chi connectivity index (χ0) is 11.1. The molecule has 0 aliphatic carbocycles. The molecule has 0 radical (unpaired) electrons. The number of nitrogens with two attached hydrogens (primary N) is 1. The van der Waals surface area contributed by atoms with Crippen molar-refractivity contribution in [2.24, 2.45) is 23.6 Å². The molecule has 0 spiro atoms. The smallest absolute Gasteiger partial charge is 0.0241 e. The highest BCUT2D eigenvalue weighted by Gasteiger charge is 2.21. The first-order valence-electron chi connectivity index (χ1n) is 6.02. The molecular formula is C12H28N2. The third kappa shape index (κ3) is 4.43. The summed E-state index contributed by atoms with van der Waals surface area (Å²) >= 11 is 0. The largest absolute Gasteiger partial charge is 0.271 e. The van der Waals surface area contributed by atoms with Crippen LogP contribution in [0.2, 0.25) is 0 Å². The molecule has 2 atom stereocenters. The zero-order valence-electron chi connectivity index (χ0n) is 10.5. The molecule has 0 aromatic heterocycles. The molecule has 2 nitrogen and oxygen atoms in total. The molecule has 86 valence electrons. The Labute approximate surface area is 89.6 Å². The maximum Gasteiger partial charge on any atom is 0.0241 e. The molecule has 0 rings (SSSR count). The lowest BCUT2D eigenvalue weighted by Crippen LogP contribution is -2.42. The molecule has 2 unspecified atom stereocenters. The highest BCUT2D eigenvalue weighted by molar-refractivity contribution is 4.76. The van der Waals surface area contributed by atoms with Crippen LogP contribution in [-0.4, -0.2) is 6.04 Å². The van der Waals surface area contributed by atoms with Crippen molar-refractivity contribution in [3.8, 4) is 0 Å². The second-order valence-corrected chi connectivity index (χ2v) is 4.79. The van der Waals surface area contributed by atoms with Gasteiger partial charge in [0.2, 0.25) is 0 Å². The first kappa shape index (κ1) is 13.9. The SMILES string of the molecule is CCC(CC)CC(NN)C(C)C(C)C. The van der Waals surface area contributed by atoms with Gasteiger partial charge < -0.3 is 0 Å². The molecule has 0 aliphatic rings. The van der Waals surface area contributed by atoms with Crippen molar-refractivity contribution in [2.45, 2.75) is 59.9 Å². The predicted octanol–water partition coefficient (Wildman–Crippen LogP) is 2.94. The molecule has 0 bridgehead atoms. The van der Waals surface area contributed by atoms with Gasteiger partial charge in [0.05, 0.1) is 0 Å². The summed E-state index contributed by atoms with van der Waals surface area (Å²) in [4.78, 5) is 0. The Morgan fingerprint density at radius 3 is 1.86 bits per heavy atom. The second kappa shape index (κ2) is 7.24. The number of hydrazine groups is 1. The van der Waals surface area contributed by atoms with Gasteiger partial charge in [-0.05, 0) is 24.2 Å². The van der Waals surface area contributed by atoms with Crippen molar-refractivity contribution >= 4 is 0 Å². The van der Waals surface area contributed by atoms with Crippen molar-refractivity contribution in [3.63, 3.8) is 0 Å². The molecule has 0 fully saturated rings. The Morgan fingerprint density at radius 2 is 1.57 bits per heavy atom. The van der Waals surface area contributed by atoms with Crippen LogP contribution in [0.3, 0.4) is 0 Å². The van der Waals surface area contributed by atoms with E-state index in [0.29, 0.717) is 17.9 Å². The van der Waals surface area contributed by atoms with Crippen LogP contribution in [-0.2, 0) is 0 Å². The number of hydrogen-bond donors (Lipinski definition) is 2. The highest BCUT2D eigenvalue weighted by atomic mass is 15.2. The van der Waals surface area contributed by atoms with E-state index in [-0.39, 0.29) is 0 Å². The fourth-order valence-electron chi connectivity index (χ4n) is 1.88. The second-order valence-electron chi connectivity index (χ2n) is 4.79. The Morgan fingerprint density at radius 1 is 1.07 bits per heavy atom. The van der Waals surface area contributed by atoms with Crippen LogP contribution in [0.15, 0.2) is 0 Å². The van der Waals surface area contributed by atoms with Crippen LogP contribution in [0.25, 0.3) is 0 Å². The molecule has 0 saturated carbocycles. The molecular weight excluding hydrogens is 172 g/mol. The van der Waals surface area contributed by atoms with Crippen LogP contribution >= 0.6 is 0 Å². The van der Waals surface area contributed by atoms with Gasteiger partial charge in [0, 0.05) is 6.04 Å². The first-order chi connectivity index (χ1) is 6.56. The topological polar surface area (TPSA) is 38.0 Å². The van der Waals surface area contributed by atoms with Crippen LogP contribution in [0.5, 0.6) is 0 Å². The molecule has 0 aromatic carbocycles. The third-order valence-electron chi connectivity index (χ3n) is 3.64. The van der Waals surface area contributed by atoms with E-state index in [9.17, 15) is 0 Å². The van der Waals surface area contributed by atoms with Crippen LogP contribution in [0, 0.1) is 17.8 Å². The fraction of sp³-hybridized carbons (Fsp3) is 1.00. The van der Waals surface area contributed by atoms with Crippen molar-refractivity contribution in [1.29, 1.82) is 0 Å². The van der Waals surface area contributed by atoms with Gasteiger partial charge in [0.25, 0.3) is 0 Å². The van der Waals surface area contributed by atoms with Crippen molar-refractivity contribution in [2.75, 3.05) is 0 Å². The Balaban J connectivity index is 4.12. The van der Waals surface area contributed by atoms with Crippen molar-refractivity contribution in [1.82, 2.24) is 5.43 Å². The van der Waals surface area contributed by atoms with Gasteiger partial charge >= 0.3 is 0 Å². The van der Waals surface area contributed by atoms with E-state index in [1.165, 1.54) is 19.3 Å². The van der Waals surface area contributed by atoms with Gasteiger partial charge in [-0.1, -0.05) is 47.5 Å². The molecule has 0 saturated heterocycles. The molecule has 2 heteroatoms. The predicted molar refractivity (Wildman–Crippen MR) is 63.8 cm³/mol. The van der Waals surface area contributed by atoms with E-state index in [1.54, 1.807) is 0 Å². The zero-order valence-corrected chi connectivity index (χ0v) is 10.5. The number of nitrogens with one attached hydrogen (secondary N) is 1. The summed E-state index contributed by atoms with van der Waals surface area (Å²) in [6, 6.07) is 0.472. The molecule has 3 N–H and O–H groups in total. The summed E-state index contributed by atoms with van der Waals surface area (Å²) in [5.41, 5.74) is 2.98. The number of hydrogen-bond acceptors (Lipinski definition) is 2. The molecule has 0 aromatic rings. The lowest BCUT2D eigenvalue weighted by molar-refractivity contribution is 0.250. The Bertz CT molecular complexity index is 130. The maximum atomic E-state index is 5.62. The molecule has 0 heterocycles. The van der Waals surface area contributed by atoms with Crippen molar-refractivity contribution < 1.29 is 0 Å². The summed E-state index contributed by atoms with van der Waals surface area (Å²) in [6.45, 7) is 11.4. The minimum Gasteiger partial charge on any atom is -0.271 e. The lowest BCUT2D eigenvalue weighted by atomic mass is 9.83. The van der Waals surface area contributed by atoms with E-state index in [1.807, 2.05) is 0 Å². The molecule has 14 heavy (non-hydrogen) atoms. The quantitative estimate of drug-likeness (QED) is 0.490. The van der Waals surface area contributed by atoms with E-state index in [4.69, 9.17) is 5.84 Å². The van der Waals surface area contributed by atoms with Crippen LogP contribution in [0.4, 0.5) is 0 Å². The summed E-state index contributed by atoms with van der Waals surface area (Å²) in [5.74, 6) is 7.79. The van der Waals surface area contributed by atoms with E-state index in [0.717, 1.165) is 5.92 Å². The van der Waals surface area contributed by atoms with Gasteiger partial charge in [0.15, 0.2) is 0 Å². The summed E-state index contributed by atoms with van der Waals surface area (Å²) in [6.07, 6.45) is 3.74. The maximum absolute atomic E-state index is 5.62. The molecule has 0 amide bonds. The third-order valence-corrected chi connectivity index (χ3v) is 3.64. The van der Waals surface area contributed by atoms with E-state index >= 15 is 0 Å². The highest BCUT2D eigenvalue weighted by Crippen LogP contribution is 2.22. The average Bonchev–Trinajstić information content (AvgIpc) is 2.19. The minimum absolute atomic E-state index is 0.472. The van der Waals surface area contributed by atoms with Gasteiger partial charge in [0.1, 0.15) is 0 Å². The monoisotopic (exact) mass is 200 g/mol. The van der Waals surface area contributed by atoms with Gasteiger partial charge in [-0.15, -0.1) is 0 Å². The minimum atomic E-state index is 0.472. The Hall–Kier alpha value is -0.0800. The normalized spacial score (nSPS) is 16.3. The fourth-order valence-corrected chi connectivity index (χ4v) is 1.88. The Kier molecular flexibility index (Phi) is 7.20. The summed E-state index contributed by atoms with van der Waals surface area (Å²) < 4.78 is 0. The first-order valence-corrected chi connectivity index (χ1v) is 6.02. The van der Waals surface area contributed by atoms with Gasteiger partial charge in [-0.25, -0.2) is 0 Å². The average molecular weight is 200 g/mol. The van der Waals surface area contributed by atoms with Crippen molar-refractivity contribution in [3.05, 3.63) is 0 Å². The standard InChI is InChI=1S/C12H28N2/c1-6-11(7-2)8-12(14-13)10(5)9(3)4/h9-12,14H,6-8,13H2,1-5H3. The summed E-state index contributed by atoms with van der Waals surface area (Å²) in [7, 11) is 0. The molecule has 0 aliphatic heterocycles. The summed E-state index contributed by atoms with van der Waals surface area (Å²) in [5, 5.41) is 0.